The van der Waals surface area contributed by atoms with E-state index in [4.69, 9.17) is 4.74 Å². The van der Waals surface area contributed by atoms with Crippen molar-refractivity contribution in [2.24, 2.45) is 0 Å². The molecular weight excluding hydrogens is 160 g/mol. The monoisotopic (exact) mass is 176 g/mol. The van der Waals surface area contributed by atoms with Crippen molar-refractivity contribution in [3.05, 3.63) is 35.4 Å². The number of aryl methyl sites for hydroxylation is 1. The molecule has 1 heteroatoms. The van der Waals surface area contributed by atoms with Crippen LogP contribution >= 0.6 is 0 Å². The van der Waals surface area contributed by atoms with E-state index < -0.39 is 0 Å². The summed E-state index contributed by atoms with van der Waals surface area (Å²) in [5, 5.41) is 0. The first-order chi connectivity index (χ1) is 6.36. The lowest BCUT2D eigenvalue weighted by molar-refractivity contribution is 0.0804. The van der Waals surface area contributed by atoms with Gasteiger partial charge in [0.25, 0.3) is 0 Å². The van der Waals surface area contributed by atoms with E-state index in [9.17, 15) is 0 Å². The van der Waals surface area contributed by atoms with Crippen LogP contribution in [0.2, 0.25) is 0 Å². The minimum absolute atomic E-state index is 0.633. The Morgan fingerprint density at radius 1 is 1.38 bits per heavy atom. The van der Waals surface area contributed by atoms with Gasteiger partial charge in [0.2, 0.25) is 0 Å². The van der Waals surface area contributed by atoms with E-state index in [1.807, 2.05) is 0 Å². The molecular formula is C12H16O. The van der Waals surface area contributed by atoms with Crippen LogP contribution in [0.5, 0.6) is 0 Å². The molecule has 13 heavy (non-hydrogen) atoms. The topological polar surface area (TPSA) is 9.23 Å². The summed E-state index contributed by atoms with van der Waals surface area (Å²) in [6, 6.07) is 8.78. The lowest BCUT2D eigenvalue weighted by Crippen LogP contribution is -2.15. The zero-order valence-corrected chi connectivity index (χ0v) is 8.12. The fourth-order valence-electron chi connectivity index (χ4n) is 1.93. The van der Waals surface area contributed by atoms with Crippen molar-refractivity contribution in [3.63, 3.8) is 0 Å². The molecule has 1 nitrogen and oxygen atoms in total. The molecule has 0 spiro atoms. The summed E-state index contributed by atoms with van der Waals surface area (Å²) in [5.74, 6) is 0.633. The largest absolute Gasteiger partial charge is 0.381 e. The molecule has 0 N–H and O–H groups in total. The van der Waals surface area contributed by atoms with E-state index in [1.165, 1.54) is 24.0 Å². The zero-order chi connectivity index (χ0) is 9.10. The van der Waals surface area contributed by atoms with E-state index in [1.54, 1.807) is 0 Å². The average molecular weight is 176 g/mol. The summed E-state index contributed by atoms with van der Waals surface area (Å²) in [4.78, 5) is 0. The SMILES string of the molecule is Cc1cccc(C2CCCOC2)c1. The Morgan fingerprint density at radius 2 is 2.31 bits per heavy atom. The highest BCUT2D eigenvalue weighted by Crippen LogP contribution is 2.25. The van der Waals surface area contributed by atoms with Crippen LogP contribution in [0, 0.1) is 6.92 Å². The Kier molecular flexibility index (Phi) is 2.65. The van der Waals surface area contributed by atoms with Gasteiger partial charge in [0.05, 0.1) is 6.61 Å². The highest BCUT2D eigenvalue weighted by atomic mass is 16.5. The van der Waals surface area contributed by atoms with Gasteiger partial charge in [-0.1, -0.05) is 29.8 Å². The van der Waals surface area contributed by atoms with Crippen molar-refractivity contribution in [1.82, 2.24) is 0 Å². The Labute approximate surface area is 79.7 Å². The summed E-state index contributed by atoms with van der Waals surface area (Å²) in [5.41, 5.74) is 2.79. The van der Waals surface area contributed by atoms with Gasteiger partial charge >= 0.3 is 0 Å². The normalized spacial score (nSPS) is 23.0. The first-order valence-corrected chi connectivity index (χ1v) is 5.00. The van der Waals surface area contributed by atoms with Crippen LogP contribution in [0.1, 0.15) is 29.9 Å². The minimum Gasteiger partial charge on any atom is -0.381 e. The molecule has 1 unspecified atom stereocenters. The van der Waals surface area contributed by atoms with Crippen molar-refractivity contribution < 1.29 is 4.74 Å². The summed E-state index contributed by atoms with van der Waals surface area (Å²) < 4.78 is 5.48. The van der Waals surface area contributed by atoms with Gasteiger partial charge in [0.1, 0.15) is 0 Å². The summed E-state index contributed by atoms with van der Waals surface area (Å²) >= 11 is 0. The quantitative estimate of drug-likeness (QED) is 0.639. The van der Waals surface area contributed by atoms with Crippen LogP contribution in [0.4, 0.5) is 0 Å². The number of hydrogen-bond acceptors (Lipinski definition) is 1. The smallest absolute Gasteiger partial charge is 0.0534 e. The molecule has 2 rings (SSSR count). The van der Waals surface area contributed by atoms with Crippen LogP contribution in [0.3, 0.4) is 0 Å². The maximum atomic E-state index is 5.48. The van der Waals surface area contributed by atoms with Crippen LogP contribution in [-0.4, -0.2) is 13.2 Å². The lowest BCUT2D eigenvalue weighted by atomic mass is 9.93. The molecule has 1 aromatic rings. The van der Waals surface area contributed by atoms with E-state index in [0.717, 1.165) is 13.2 Å². The third-order valence-corrected chi connectivity index (χ3v) is 2.67. The van der Waals surface area contributed by atoms with Crippen molar-refractivity contribution in [1.29, 1.82) is 0 Å². The molecule has 1 fully saturated rings. The third kappa shape index (κ3) is 2.10. The molecule has 0 bridgehead atoms. The van der Waals surface area contributed by atoms with Gasteiger partial charge in [-0.25, -0.2) is 0 Å². The first kappa shape index (κ1) is 8.76. The third-order valence-electron chi connectivity index (χ3n) is 2.67. The summed E-state index contributed by atoms with van der Waals surface area (Å²) in [7, 11) is 0. The van der Waals surface area contributed by atoms with Crippen molar-refractivity contribution in [3.8, 4) is 0 Å². The Morgan fingerprint density at radius 3 is 3.00 bits per heavy atom. The molecule has 0 aromatic heterocycles. The van der Waals surface area contributed by atoms with Crippen molar-refractivity contribution in [2.75, 3.05) is 13.2 Å². The molecule has 0 radical (unpaired) electrons. The molecule has 1 aromatic carbocycles. The summed E-state index contributed by atoms with van der Waals surface area (Å²) in [6.45, 7) is 4.00. The molecule has 70 valence electrons. The molecule has 0 saturated carbocycles. The second-order valence-corrected chi connectivity index (χ2v) is 3.83. The zero-order valence-electron chi connectivity index (χ0n) is 8.12. The Hall–Kier alpha value is -0.820. The standard InChI is InChI=1S/C12H16O/c1-10-4-2-5-11(8-10)12-6-3-7-13-9-12/h2,4-5,8,12H,3,6-7,9H2,1H3. The van der Waals surface area contributed by atoms with E-state index >= 15 is 0 Å². The molecule has 1 atom stereocenters. The number of ether oxygens (including phenoxy) is 1. The van der Waals surface area contributed by atoms with Crippen molar-refractivity contribution in [2.45, 2.75) is 25.7 Å². The van der Waals surface area contributed by atoms with Gasteiger partial charge in [-0.15, -0.1) is 0 Å². The van der Waals surface area contributed by atoms with E-state index in [-0.39, 0.29) is 0 Å². The van der Waals surface area contributed by atoms with E-state index in [0.29, 0.717) is 5.92 Å². The van der Waals surface area contributed by atoms with Crippen LogP contribution < -0.4 is 0 Å². The Bertz CT molecular complexity index is 274. The number of benzene rings is 1. The fraction of sp³-hybridized carbons (Fsp3) is 0.500. The minimum atomic E-state index is 0.633. The summed E-state index contributed by atoms with van der Waals surface area (Å²) in [6.07, 6.45) is 2.49. The number of hydrogen-bond donors (Lipinski definition) is 0. The second-order valence-electron chi connectivity index (χ2n) is 3.83. The van der Waals surface area contributed by atoms with Gasteiger partial charge in [-0.2, -0.15) is 0 Å². The van der Waals surface area contributed by atoms with Gasteiger partial charge in [-0.05, 0) is 25.3 Å². The number of rotatable bonds is 1. The van der Waals surface area contributed by atoms with E-state index in [2.05, 4.69) is 31.2 Å². The fourth-order valence-corrected chi connectivity index (χ4v) is 1.93. The molecule has 0 aliphatic carbocycles. The molecule has 0 amide bonds. The van der Waals surface area contributed by atoms with Gasteiger partial charge in [-0.3, -0.25) is 0 Å². The van der Waals surface area contributed by atoms with Crippen LogP contribution in [0.15, 0.2) is 24.3 Å². The van der Waals surface area contributed by atoms with Gasteiger partial charge in [0, 0.05) is 12.5 Å². The molecule has 1 heterocycles. The molecule has 1 aliphatic heterocycles. The van der Waals surface area contributed by atoms with Crippen LogP contribution in [-0.2, 0) is 4.74 Å². The molecule has 1 saturated heterocycles. The lowest BCUT2D eigenvalue weighted by Gasteiger charge is -2.22. The predicted molar refractivity (Wildman–Crippen MR) is 54.0 cm³/mol. The highest BCUT2D eigenvalue weighted by molar-refractivity contribution is 5.25. The second kappa shape index (κ2) is 3.93. The first-order valence-electron chi connectivity index (χ1n) is 5.00. The average Bonchev–Trinajstić information content (AvgIpc) is 2.19. The maximum Gasteiger partial charge on any atom is 0.0534 e. The highest BCUT2D eigenvalue weighted by Gasteiger charge is 2.15. The predicted octanol–water partition coefficient (Wildman–Crippen LogP) is 2.89. The van der Waals surface area contributed by atoms with Crippen LogP contribution in [0.25, 0.3) is 0 Å². The van der Waals surface area contributed by atoms with Crippen molar-refractivity contribution >= 4 is 0 Å². The van der Waals surface area contributed by atoms with Gasteiger partial charge < -0.3 is 4.74 Å². The maximum absolute atomic E-state index is 5.48. The van der Waals surface area contributed by atoms with Gasteiger partial charge in [0.15, 0.2) is 0 Å². The molecule has 1 aliphatic rings. The Balaban J connectivity index is 2.14.